The summed E-state index contributed by atoms with van der Waals surface area (Å²) in [5, 5.41) is 7.70. The van der Waals surface area contributed by atoms with E-state index in [-0.39, 0.29) is 24.4 Å². The summed E-state index contributed by atoms with van der Waals surface area (Å²) in [6, 6.07) is 7.69. The van der Waals surface area contributed by atoms with Crippen molar-refractivity contribution in [1.82, 2.24) is 15.3 Å². The lowest BCUT2D eigenvalue weighted by Gasteiger charge is -2.28. The van der Waals surface area contributed by atoms with Crippen molar-refractivity contribution in [3.63, 3.8) is 0 Å². The number of hydrogen-bond acceptors (Lipinski definition) is 5. The highest BCUT2D eigenvalue weighted by molar-refractivity contribution is 5.94. The fourth-order valence-corrected chi connectivity index (χ4v) is 4.06. The highest BCUT2D eigenvalue weighted by Crippen LogP contribution is 2.28. The number of hydrogen-bond donors (Lipinski definition) is 2. The minimum atomic E-state index is -4.15. The molecule has 6 nitrogen and oxygen atoms in total. The standard InChI is InChI=1S/C23H25F3N4O2/c1-14-28-13-20(32-14)16-2-3-17-12-29-21(11-18(17)10-16)30-22(31)15-4-6-19(7-5-15)27-9-8-23(24,25)26/h2-3,10-13,15,19,27H,4-9H2,1H3,(H,29,30,31). The van der Waals surface area contributed by atoms with Crippen molar-refractivity contribution in [3.8, 4) is 11.3 Å². The van der Waals surface area contributed by atoms with E-state index >= 15 is 0 Å². The van der Waals surface area contributed by atoms with E-state index < -0.39 is 12.6 Å². The van der Waals surface area contributed by atoms with Crippen molar-refractivity contribution < 1.29 is 22.4 Å². The third kappa shape index (κ3) is 5.64. The number of nitrogens with zero attached hydrogens (tertiary/aromatic N) is 2. The molecule has 2 heterocycles. The van der Waals surface area contributed by atoms with Gasteiger partial charge in [-0.15, -0.1) is 0 Å². The number of aryl methyl sites for hydroxylation is 1. The predicted octanol–water partition coefficient (Wildman–Crippen LogP) is 5.24. The molecule has 1 saturated carbocycles. The first kappa shape index (κ1) is 22.3. The van der Waals surface area contributed by atoms with E-state index in [1.54, 1.807) is 19.3 Å². The zero-order chi connectivity index (χ0) is 22.7. The summed E-state index contributed by atoms with van der Waals surface area (Å²) in [6.07, 6.45) is 1.04. The van der Waals surface area contributed by atoms with Crippen LogP contribution in [0.2, 0.25) is 0 Å². The summed E-state index contributed by atoms with van der Waals surface area (Å²) in [5.74, 6) is 1.46. The highest BCUT2D eigenvalue weighted by atomic mass is 19.4. The number of nitrogens with one attached hydrogen (secondary N) is 2. The fourth-order valence-electron chi connectivity index (χ4n) is 4.06. The van der Waals surface area contributed by atoms with Gasteiger partial charge in [-0.05, 0) is 43.2 Å². The SMILES string of the molecule is Cc1ncc(-c2ccc3cnc(NC(=O)C4CCC(NCCC(F)(F)F)CC4)cc3c2)o1. The van der Waals surface area contributed by atoms with E-state index in [2.05, 4.69) is 20.6 Å². The summed E-state index contributed by atoms with van der Waals surface area (Å²) >= 11 is 0. The molecule has 170 valence electrons. The lowest BCUT2D eigenvalue weighted by atomic mass is 9.85. The smallest absolute Gasteiger partial charge is 0.390 e. The van der Waals surface area contributed by atoms with Gasteiger partial charge in [-0.2, -0.15) is 13.2 Å². The number of benzene rings is 1. The number of alkyl halides is 3. The minimum absolute atomic E-state index is 0.0262. The van der Waals surface area contributed by atoms with Gasteiger partial charge < -0.3 is 15.1 Å². The first-order valence-electron chi connectivity index (χ1n) is 10.7. The minimum Gasteiger partial charge on any atom is -0.441 e. The molecule has 0 unspecified atom stereocenters. The predicted molar refractivity (Wildman–Crippen MR) is 115 cm³/mol. The maximum Gasteiger partial charge on any atom is 0.390 e. The molecule has 1 amide bonds. The molecule has 4 rings (SSSR count). The summed E-state index contributed by atoms with van der Waals surface area (Å²) in [7, 11) is 0. The first-order chi connectivity index (χ1) is 15.3. The molecule has 0 aliphatic heterocycles. The molecule has 32 heavy (non-hydrogen) atoms. The van der Waals surface area contributed by atoms with E-state index in [9.17, 15) is 18.0 Å². The average molecular weight is 446 g/mol. The molecule has 0 atom stereocenters. The number of halogens is 3. The summed E-state index contributed by atoms with van der Waals surface area (Å²) in [5.41, 5.74) is 0.887. The van der Waals surface area contributed by atoms with Crippen LogP contribution in [-0.4, -0.2) is 34.6 Å². The van der Waals surface area contributed by atoms with Gasteiger partial charge in [-0.1, -0.05) is 12.1 Å². The van der Waals surface area contributed by atoms with Gasteiger partial charge in [0.15, 0.2) is 11.7 Å². The normalized spacial score (nSPS) is 19.2. The number of fused-ring (bicyclic) bond motifs is 1. The molecule has 3 aromatic rings. The molecule has 1 aliphatic carbocycles. The molecule has 9 heteroatoms. The molecule has 2 N–H and O–H groups in total. The Bertz CT molecular complexity index is 1090. The number of carbonyl (C=O) groups excluding carboxylic acids is 1. The quantitative estimate of drug-likeness (QED) is 0.542. The number of rotatable bonds is 6. The van der Waals surface area contributed by atoms with Crippen LogP contribution < -0.4 is 10.6 Å². The highest BCUT2D eigenvalue weighted by Gasteiger charge is 2.29. The molecule has 0 saturated heterocycles. The molecule has 0 radical (unpaired) electrons. The number of anilines is 1. The molecule has 2 aromatic heterocycles. The van der Waals surface area contributed by atoms with Crippen LogP contribution in [0.15, 0.2) is 41.1 Å². The number of carbonyl (C=O) groups is 1. The van der Waals surface area contributed by atoms with Gasteiger partial charge in [0, 0.05) is 42.6 Å². The number of aromatic nitrogens is 2. The third-order valence-electron chi connectivity index (χ3n) is 5.82. The van der Waals surface area contributed by atoms with Crippen LogP contribution in [0.3, 0.4) is 0 Å². The largest absolute Gasteiger partial charge is 0.441 e. The Labute approximate surface area is 183 Å². The molecule has 0 spiro atoms. The van der Waals surface area contributed by atoms with Gasteiger partial charge in [0.2, 0.25) is 5.91 Å². The van der Waals surface area contributed by atoms with Crippen molar-refractivity contribution in [2.24, 2.45) is 5.92 Å². The van der Waals surface area contributed by atoms with Crippen molar-refractivity contribution >= 4 is 22.5 Å². The molecular formula is C23H25F3N4O2. The maximum atomic E-state index is 12.7. The van der Waals surface area contributed by atoms with Gasteiger partial charge in [-0.25, -0.2) is 9.97 Å². The van der Waals surface area contributed by atoms with Crippen LogP contribution >= 0.6 is 0 Å². The lowest BCUT2D eigenvalue weighted by Crippen LogP contribution is -2.37. The van der Waals surface area contributed by atoms with Gasteiger partial charge in [-0.3, -0.25) is 4.79 Å². The lowest BCUT2D eigenvalue weighted by molar-refractivity contribution is -0.133. The van der Waals surface area contributed by atoms with Crippen LogP contribution in [0.4, 0.5) is 19.0 Å². The fraction of sp³-hybridized carbons (Fsp3) is 0.435. The van der Waals surface area contributed by atoms with Crippen molar-refractivity contribution in [2.75, 3.05) is 11.9 Å². The van der Waals surface area contributed by atoms with Crippen LogP contribution in [-0.2, 0) is 4.79 Å². The van der Waals surface area contributed by atoms with E-state index in [0.29, 0.717) is 43.2 Å². The van der Waals surface area contributed by atoms with Crippen molar-refractivity contribution in [3.05, 3.63) is 42.5 Å². The van der Waals surface area contributed by atoms with Crippen LogP contribution in [0.5, 0.6) is 0 Å². The number of amides is 1. The molecule has 1 fully saturated rings. The Morgan fingerprint density at radius 2 is 1.88 bits per heavy atom. The van der Waals surface area contributed by atoms with E-state index in [0.717, 1.165) is 16.3 Å². The molecule has 1 aromatic carbocycles. The second-order valence-electron chi connectivity index (χ2n) is 8.23. The number of pyridine rings is 1. The van der Waals surface area contributed by atoms with Gasteiger partial charge in [0.1, 0.15) is 5.82 Å². The van der Waals surface area contributed by atoms with E-state index in [1.807, 2.05) is 24.3 Å². The number of oxazole rings is 1. The Hall–Kier alpha value is -2.94. The van der Waals surface area contributed by atoms with Gasteiger partial charge in [0.05, 0.1) is 12.6 Å². The molecule has 1 aliphatic rings. The Balaban J connectivity index is 1.34. The molecular weight excluding hydrogens is 421 g/mol. The first-order valence-corrected chi connectivity index (χ1v) is 10.7. The van der Waals surface area contributed by atoms with Gasteiger partial charge in [0.25, 0.3) is 0 Å². The Morgan fingerprint density at radius 1 is 1.09 bits per heavy atom. The average Bonchev–Trinajstić information content (AvgIpc) is 3.19. The van der Waals surface area contributed by atoms with Crippen LogP contribution in [0.25, 0.3) is 22.1 Å². The van der Waals surface area contributed by atoms with Crippen LogP contribution in [0.1, 0.15) is 38.0 Å². The molecule has 0 bridgehead atoms. The summed E-state index contributed by atoms with van der Waals surface area (Å²) in [6.45, 7) is 1.70. The van der Waals surface area contributed by atoms with Crippen molar-refractivity contribution in [2.45, 2.75) is 51.2 Å². The van der Waals surface area contributed by atoms with Crippen LogP contribution in [0, 0.1) is 12.8 Å². The third-order valence-corrected chi connectivity index (χ3v) is 5.82. The van der Waals surface area contributed by atoms with E-state index in [1.165, 1.54) is 0 Å². The zero-order valence-corrected chi connectivity index (χ0v) is 17.7. The second-order valence-corrected chi connectivity index (χ2v) is 8.23. The van der Waals surface area contributed by atoms with Crippen molar-refractivity contribution in [1.29, 1.82) is 0 Å². The summed E-state index contributed by atoms with van der Waals surface area (Å²) < 4.78 is 42.4. The maximum absolute atomic E-state index is 12.7. The summed E-state index contributed by atoms with van der Waals surface area (Å²) in [4.78, 5) is 21.2. The Kier molecular flexibility index (Phi) is 6.45. The Morgan fingerprint density at radius 3 is 2.56 bits per heavy atom. The second kappa shape index (κ2) is 9.28. The monoisotopic (exact) mass is 446 g/mol. The zero-order valence-electron chi connectivity index (χ0n) is 17.7. The van der Waals surface area contributed by atoms with Gasteiger partial charge >= 0.3 is 6.18 Å². The van der Waals surface area contributed by atoms with E-state index in [4.69, 9.17) is 4.42 Å². The topological polar surface area (TPSA) is 80.0 Å².